The first kappa shape index (κ1) is 12.9. The maximum Gasteiger partial charge on any atom is 0.365 e. The zero-order valence-corrected chi connectivity index (χ0v) is 11.6. The van der Waals surface area contributed by atoms with Gasteiger partial charge in [0.15, 0.2) is 0 Å². The van der Waals surface area contributed by atoms with Gasteiger partial charge in [-0.05, 0) is 0 Å². The third kappa shape index (κ3) is 3.43. The van der Waals surface area contributed by atoms with Crippen molar-refractivity contribution in [3.8, 4) is 0 Å². The smallest absolute Gasteiger partial charge is 0.365 e. The third-order valence-electron chi connectivity index (χ3n) is 2.62. The van der Waals surface area contributed by atoms with Crippen LogP contribution in [0.2, 0.25) is 0 Å². The van der Waals surface area contributed by atoms with Crippen molar-refractivity contribution in [2.75, 3.05) is 13.1 Å². The van der Waals surface area contributed by atoms with Crippen molar-refractivity contribution >= 4 is 29.1 Å². The number of aromatic carboxylic acids is 1. The molecule has 0 amide bonds. The van der Waals surface area contributed by atoms with Crippen LogP contribution < -0.4 is 0 Å². The highest BCUT2D eigenvalue weighted by molar-refractivity contribution is 8.00. The van der Waals surface area contributed by atoms with Crippen LogP contribution in [0, 0.1) is 0 Å². The summed E-state index contributed by atoms with van der Waals surface area (Å²) in [4.78, 5) is 17.2. The minimum Gasteiger partial charge on any atom is -0.476 e. The molecule has 0 bridgehead atoms. The van der Waals surface area contributed by atoms with Gasteiger partial charge in [-0.15, -0.1) is 11.3 Å². The quantitative estimate of drug-likeness (QED) is 0.914. The highest BCUT2D eigenvalue weighted by atomic mass is 32.2. The Morgan fingerprint density at radius 2 is 2.18 bits per heavy atom. The van der Waals surface area contributed by atoms with E-state index in [1.54, 1.807) is 0 Å². The number of thiazole rings is 1. The molecule has 1 aromatic rings. The van der Waals surface area contributed by atoms with Crippen molar-refractivity contribution < 1.29 is 9.90 Å². The third-order valence-corrected chi connectivity index (χ3v) is 4.72. The zero-order chi connectivity index (χ0) is 12.4. The average molecular weight is 272 g/mol. The summed E-state index contributed by atoms with van der Waals surface area (Å²) in [7, 11) is 0. The number of rotatable bonds is 3. The molecule has 94 valence electrons. The molecule has 1 N–H and O–H groups in total. The van der Waals surface area contributed by atoms with E-state index in [0.717, 1.165) is 25.3 Å². The van der Waals surface area contributed by atoms with Crippen molar-refractivity contribution in [1.29, 1.82) is 0 Å². The lowest BCUT2D eigenvalue weighted by Crippen LogP contribution is -2.39. The van der Waals surface area contributed by atoms with Gasteiger partial charge in [-0.3, -0.25) is 4.90 Å². The van der Waals surface area contributed by atoms with Gasteiger partial charge in [-0.1, -0.05) is 13.8 Å². The first-order valence-electron chi connectivity index (χ1n) is 5.60. The molecule has 2 atom stereocenters. The second kappa shape index (κ2) is 5.37. The van der Waals surface area contributed by atoms with Crippen LogP contribution >= 0.6 is 23.1 Å². The number of carbonyl (C=O) groups is 1. The predicted octanol–water partition coefficient (Wildman–Crippen LogP) is 2.17. The number of carboxylic acid groups (broad SMARTS) is 1. The summed E-state index contributed by atoms with van der Waals surface area (Å²) in [5, 5.41) is 12.1. The van der Waals surface area contributed by atoms with Crippen molar-refractivity contribution in [2.45, 2.75) is 30.9 Å². The normalized spacial score (nSPS) is 26.0. The van der Waals surface area contributed by atoms with Gasteiger partial charge in [-0.25, -0.2) is 9.78 Å². The molecule has 17 heavy (non-hydrogen) atoms. The standard InChI is InChI=1S/C11H16N2O2S2/c1-7-3-13(4-8(2)17-7)5-9-6-16-10(12-9)11(14)15/h6-8H,3-5H2,1-2H3,(H,14,15). The van der Waals surface area contributed by atoms with E-state index >= 15 is 0 Å². The second-order valence-corrected chi connectivity index (χ2v) is 7.14. The topological polar surface area (TPSA) is 53.4 Å². The predicted molar refractivity (Wildman–Crippen MR) is 70.9 cm³/mol. The average Bonchev–Trinajstić information content (AvgIpc) is 2.64. The van der Waals surface area contributed by atoms with Crippen LogP contribution in [0.25, 0.3) is 0 Å². The summed E-state index contributed by atoms with van der Waals surface area (Å²) in [6, 6.07) is 0. The Bertz CT molecular complexity index is 398. The van der Waals surface area contributed by atoms with Gasteiger partial charge in [0.05, 0.1) is 5.69 Å². The van der Waals surface area contributed by atoms with Gasteiger partial charge >= 0.3 is 5.97 Å². The van der Waals surface area contributed by atoms with Crippen molar-refractivity contribution in [1.82, 2.24) is 9.88 Å². The number of hydrogen-bond donors (Lipinski definition) is 1. The number of hydrogen-bond acceptors (Lipinski definition) is 5. The Labute approximate surface area is 109 Å². The van der Waals surface area contributed by atoms with Crippen LogP contribution in [0.4, 0.5) is 0 Å². The Balaban J connectivity index is 1.97. The lowest BCUT2D eigenvalue weighted by Gasteiger charge is -2.34. The molecule has 1 fully saturated rings. The molecule has 2 heterocycles. The molecule has 1 aliphatic rings. The van der Waals surface area contributed by atoms with Gasteiger partial charge in [0.2, 0.25) is 5.01 Å². The maximum atomic E-state index is 10.7. The van der Waals surface area contributed by atoms with E-state index < -0.39 is 5.97 Å². The summed E-state index contributed by atoms with van der Waals surface area (Å²) < 4.78 is 0. The number of nitrogens with zero attached hydrogens (tertiary/aromatic N) is 2. The largest absolute Gasteiger partial charge is 0.476 e. The highest BCUT2D eigenvalue weighted by Gasteiger charge is 2.23. The van der Waals surface area contributed by atoms with Crippen LogP contribution in [0.15, 0.2) is 5.38 Å². The summed E-state index contributed by atoms with van der Waals surface area (Å²) in [5.74, 6) is -0.933. The van der Waals surface area contributed by atoms with Crippen LogP contribution in [-0.2, 0) is 6.54 Å². The number of thioether (sulfide) groups is 1. The molecule has 0 spiro atoms. The fourth-order valence-corrected chi connectivity index (χ4v) is 4.15. The van der Waals surface area contributed by atoms with Gasteiger partial charge < -0.3 is 5.11 Å². The molecule has 4 nitrogen and oxygen atoms in total. The minimum atomic E-state index is -0.933. The molecule has 1 aromatic heterocycles. The fraction of sp³-hybridized carbons (Fsp3) is 0.636. The van der Waals surface area contributed by atoms with Gasteiger partial charge in [-0.2, -0.15) is 11.8 Å². The van der Waals surface area contributed by atoms with Crippen LogP contribution in [0.3, 0.4) is 0 Å². The Morgan fingerprint density at radius 3 is 2.71 bits per heavy atom. The van der Waals surface area contributed by atoms with Crippen molar-refractivity contribution in [3.63, 3.8) is 0 Å². The molecule has 2 rings (SSSR count). The van der Waals surface area contributed by atoms with Crippen LogP contribution in [0.1, 0.15) is 29.3 Å². The molecular formula is C11H16N2O2S2. The maximum absolute atomic E-state index is 10.7. The Kier molecular flexibility index (Phi) is 4.06. The summed E-state index contributed by atoms with van der Waals surface area (Å²) >= 11 is 3.22. The van der Waals surface area contributed by atoms with Gasteiger partial charge in [0.1, 0.15) is 0 Å². The van der Waals surface area contributed by atoms with E-state index in [1.165, 1.54) is 11.3 Å². The van der Waals surface area contributed by atoms with Crippen LogP contribution in [-0.4, -0.2) is 44.5 Å². The van der Waals surface area contributed by atoms with Crippen molar-refractivity contribution in [3.05, 3.63) is 16.1 Å². The first-order valence-corrected chi connectivity index (χ1v) is 7.42. The van der Waals surface area contributed by atoms with E-state index in [0.29, 0.717) is 10.5 Å². The molecule has 0 radical (unpaired) electrons. The van der Waals surface area contributed by atoms with Gasteiger partial charge in [0.25, 0.3) is 0 Å². The second-order valence-electron chi connectivity index (χ2n) is 4.40. The van der Waals surface area contributed by atoms with E-state index in [9.17, 15) is 4.79 Å². The molecule has 0 aliphatic carbocycles. The minimum absolute atomic E-state index is 0.187. The van der Waals surface area contributed by atoms with E-state index in [1.807, 2.05) is 17.1 Å². The highest BCUT2D eigenvalue weighted by Crippen LogP contribution is 2.25. The molecule has 2 unspecified atom stereocenters. The molecule has 0 saturated carbocycles. The SMILES string of the molecule is CC1CN(Cc2csc(C(=O)O)n2)CC(C)S1. The first-order chi connectivity index (χ1) is 8.04. The Morgan fingerprint density at radius 1 is 1.53 bits per heavy atom. The van der Waals surface area contributed by atoms with Gasteiger partial charge in [0, 0.05) is 35.5 Å². The molecule has 1 aliphatic heterocycles. The van der Waals surface area contributed by atoms with Crippen molar-refractivity contribution in [2.24, 2.45) is 0 Å². The number of aromatic nitrogens is 1. The van der Waals surface area contributed by atoms with E-state index in [2.05, 4.69) is 23.7 Å². The van der Waals surface area contributed by atoms with Crippen LogP contribution in [0.5, 0.6) is 0 Å². The molecule has 6 heteroatoms. The molecule has 1 saturated heterocycles. The summed E-state index contributed by atoms with van der Waals surface area (Å²) in [6.07, 6.45) is 0. The van der Waals surface area contributed by atoms with E-state index in [-0.39, 0.29) is 5.01 Å². The molecular weight excluding hydrogens is 256 g/mol. The monoisotopic (exact) mass is 272 g/mol. The lowest BCUT2D eigenvalue weighted by atomic mass is 10.3. The summed E-state index contributed by atoms with van der Waals surface area (Å²) in [6.45, 7) is 7.33. The fourth-order valence-electron chi connectivity index (χ4n) is 2.12. The number of carboxylic acids is 1. The Hall–Kier alpha value is -0.590. The van der Waals surface area contributed by atoms with E-state index in [4.69, 9.17) is 5.11 Å². The lowest BCUT2D eigenvalue weighted by molar-refractivity contribution is 0.0696. The molecule has 0 aromatic carbocycles. The zero-order valence-electron chi connectivity index (χ0n) is 9.92. The summed E-state index contributed by atoms with van der Waals surface area (Å²) in [5.41, 5.74) is 0.874.